The third-order valence-corrected chi connectivity index (χ3v) is 5.58. The highest BCUT2D eigenvalue weighted by atomic mass is 16.5. The Balaban J connectivity index is 2.03. The molecule has 1 saturated heterocycles. The van der Waals surface area contributed by atoms with Gasteiger partial charge in [-0.15, -0.1) is 0 Å². The van der Waals surface area contributed by atoms with E-state index < -0.39 is 17.7 Å². The van der Waals surface area contributed by atoms with Gasteiger partial charge in [0.05, 0.1) is 18.2 Å². The van der Waals surface area contributed by atoms with Gasteiger partial charge in [-0.05, 0) is 60.7 Å². The van der Waals surface area contributed by atoms with Crippen molar-refractivity contribution >= 4 is 17.4 Å². The lowest BCUT2D eigenvalue weighted by molar-refractivity contribution is -0.139. The Morgan fingerprint density at radius 2 is 1.88 bits per heavy atom. The first-order valence-corrected chi connectivity index (χ1v) is 11.3. The van der Waals surface area contributed by atoms with E-state index in [1.807, 2.05) is 6.92 Å². The molecule has 1 amide bonds. The smallest absolute Gasteiger partial charge is 0.295 e. The standard InChI is InChI=1S/C26H32N2O4/c1-5-6-7-14-28-23(19-10-12-27-13-11-19)22(25(30)26(28)31)24(29)20-8-9-21(18(4)15-20)32-16-17(2)3/h8-13,15,17,23,29H,5-7,14,16H2,1-4H3/b24-22-. The number of hydrogen-bond acceptors (Lipinski definition) is 5. The molecule has 170 valence electrons. The summed E-state index contributed by atoms with van der Waals surface area (Å²) in [5, 5.41) is 11.2. The second kappa shape index (κ2) is 10.4. The van der Waals surface area contributed by atoms with Crippen molar-refractivity contribution in [3.63, 3.8) is 0 Å². The van der Waals surface area contributed by atoms with Gasteiger partial charge in [-0.2, -0.15) is 0 Å². The Morgan fingerprint density at radius 3 is 2.50 bits per heavy atom. The Bertz CT molecular complexity index is 998. The number of hydrogen-bond donors (Lipinski definition) is 1. The highest BCUT2D eigenvalue weighted by Crippen LogP contribution is 2.39. The number of benzene rings is 1. The van der Waals surface area contributed by atoms with Gasteiger partial charge in [-0.1, -0.05) is 33.6 Å². The van der Waals surface area contributed by atoms with Crippen molar-refractivity contribution in [1.29, 1.82) is 0 Å². The van der Waals surface area contributed by atoms with Gasteiger partial charge in [-0.25, -0.2) is 0 Å². The number of carbonyl (C=O) groups is 2. The van der Waals surface area contributed by atoms with Gasteiger partial charge in [0.25, 0.3) is 11.7 Å². The largest absolute Gasteiger partial charge is 0.507 e. The Labute approximate surface area is 189 Å². The zero-order chi connectivity index (χ0) is 23.3. The molecule has 1 atom stereocenters. The molecule has 1 aliphatic rings. The number of rotatable bonds is 9. The van der Waals surface area contributed by atoms with E-state index in [9.17, 15) is 14.7 Å². The first-order valence-electron chi connectivity index (χ1n) is 11.3. The molecule has 0 radical (unpaired) electrons. The van der Waals surface area contributed by atoms with E-state index in [0.717, 1.165) is 36.1 Å². The molecule has 0 spiro atoms. The molecule has 1 unspecified atom stereocenters. The van der Waals surface area contributed by atoms with Crippen LogP contribution in [0.1, 0.15) is 62.8 Å². The molecule has 0 aliphatic carbocycles. The summed E-state index contributed by atoms with van der Waals surface area (Å²) in [6, 6.07) is 8.25. The molecule has 6 nitrogen and oxygen atoms in total. The number of ether oxygens (including phenoxy) is 1. The molecule has 1 N–H and O–H groups in total. The zero-order valence-corrected chi connectivity index (χ0v) is 19.3. The van der Waals surface area contributed by atoms with Crippen LogP contribution < -0.4 is 4.74 Å². The number of aromatic nitrogens is 1. The lowest BCUT2D eigenvalue weighted by Crippen LogP contribution is -2.30. The van der Waals surface area contributed by atoms with Crippen molar-refractivity contribution in [3.05, 3.63) is 65.0 Å². The van der Waals surface area contributed by atoms with Crippen molar-refractivity contribution in [1.82, 2.24) is 9.88 Å². The molecule has 0 bridgehead atoms. The maximum absolute atomic E-state index is 13.0. The molecule has 1 fully saturated rings. The van der Waals surface area contributed by atoms with Crippen LogP contribution in [0.5, 0.6) is 5.75 Å². The van der Waals surface area contributed by atoms with E-state index >= 15 is 0 Å². The van der Waals surface area contributed by atoms with Crippen molar-refractivity contribution in [3.8, 4) is 5.75 Å². The van der Waals surface area contributed by atoms with Gasteiger partial charge in [0.2, 0.25) is 0 Å². The fourth-order valence-corrected chi connectivity index (χ4v) is 3.91. The van der Waals surface area contributed by atoms with Crippen LogP contribution in [0.3, 0.4) is 0 Å². The van der Waals surface area contributed by atoms with Crippen molar-refractivity contribution < 1.29 is 19.4 Å². The van der Waals surface area contributed by atoms with Crippen LogP contribution in [0, 0.1) is 12.8 Å². The number of unbranched alkanes of at least 4 members (excludes halogenated alkanes) is 2. The lowest BCUT2D eigenvalue weighted by atomic mass is 9.95. The second-order valence-electron chi connectivity index (χ2n) is 8.67. The quantitative estimate of drug-likeness (QED) is 0.258. The lowest BCUT2D eigenvalue weighted by Gasteiger charge is -2.25. The molecule has 1 aliphatic heterocycles. The Morgan fingerprint density at radius 1 is 1.16 bits per heavy atom. The molecule has 3 rings (SSSR count). The fraction of sp³-hybridized carbons (Fsp3) is 0.423. The van der Waals surface area contributed by atoms with Crippen molar-refractivity contribution in [2.24, 2.45) is 5.92 Å². The van der Waals surface area contributed by atoms with Gasteiger partial charge in [-0.3, -0.25) is 14.6 Å². The van der Waals surface area contributed by atoms with Gasteiger partial charge < -0.3 is 14.7 Å². The van der Waals surface area contributed by atoms with Crippen LogP contribution >= 0.6 is 0 Å². The minimum atomic E-state index is -0.654. The minimum Gasteiger partial charge on any atom is -0.507 e. The normalized spacial score (nSPS) is 17.9. The number of aryl methyl sites for hydroxylation is 1. The number of aliphatic hydroxyl groups excluding tert-OH is 1. The zero-order valence-electron chi connectivity index (χ0n) is 19.3. The third kappa shape index (κ3) is 5.01. The van der Waals surface area contributed by atoms with Crippen LogP contribution in [0.25, 0.3) is 5.76 Å². The predicted octanol–water partition coefficient (Wildman–Crippen LogP) is 5.04. The Kier molecular flexibility index (Phi) is 7.67. The summed E-state index contributed by atoms with van der Waals surface area (Å²) in [4.78, 5) is 31.6. The molecule has 32 heavy (non-hydrogen) atoms. The van der Waals surface area contributed by atoms with Crippen LogP contribution in [0.15, 0.2) is 48.3 Å². The number of aliphatic hydroxyl groups is 1. The average molecular weight is 437 g/mol. The second-order valence-corrected chi connectivity index (χ2v) is 8.67. The predicted molar refractivity (Wildman–Crippen MR) is 124 cm³/mol. The van der Waals surface area contributed by atoms with Gasteiger partial charge in [0.15, 0.2) is 0 Å². The SMILES string of the molecule is CCCCCN1C(=O)C(=O)/C(=C(\O)c2ccc(OCC(C)C)c(C)c2)C1c1ccncc1. The number of carbonyl (C=O) groups excluding carboxylic acids is 2. The summed E-state index contributed by atoms with van der Waals surface area (Å²) in [5.74, 6) is -0.259. The fourth-order valence-electron chi connectivity index (χ4n) is 3.91. The summed E-state index contributed by atoms with van der Waals surface area (Å²) in [7, 11) is 0. The number of likely N-dealkylation sites (tertiary alicyclic amines) is 1. The molecule has 2 heterocycles. The summed E-state index contributed by atoms with van der Waals surface area (Å²) in [5.41, 5.74) is 2.22. The molecular weight excluding hydrogens is 404 g/mol. The van der Waals surface area contributed by atoms with Gasteiger partial charge >= 0.3 is 0 Å². The highest BCUT2D eigenvalue weighted by Gasteiger charge is 2.45. The number of Topliss-reactive ketones (excluding diaryl/α,β-unsaturated/α-hetero) is 1. The molecule has 1 aromatic heterocycles. The van der Waals surface area contributed by atoms with Crippen LogP contribution in [0.4, 0.5) is 0 Å². The maximum Gasteiger partial charge on any atom is 0.295 e. The first kappa shape index (κ1) is 23.5. The number of ketones is 1. The van der Waals surface area contributed by atoms with Crippen molar-refractivity contribution in [2.75, 3.05) is 13.2 Å². The van der Waals surface area contributed by atoms with Crippen molar-refractivity contribution in [2.45, 2.75) is 53.0 Å². The number of amides is 1. The van der Waals surface area contributed by atoms with Gasteiger partial charge in [0, 0.05) is 24.5 Å². The minimum absolute atomic E-state index is 0.118. The van der Waals surface area contributed by atoms with Crippen LogP contribution in [-0.4, -0.2) is 39.8 Å². The summed E-state index contributed by atoms with van der Waals surface area (Å²) >= 11 is 0. The third-order valence-electron chi connectivity index (χ3n) is 5.58. The van der Waals surface area contributed by atoms with Crippen LogP contribution in [-0.2, 0) is 9.59 Å². The molecular formula is C26H32N2O4. The van der Waals surface area contributed by atoms with E-state index in [4.69, 9.17) is 4.74 Å². The highest BCUT2D eigenvalue weighted by molar-refractivity contribution is 6.46. The van der Waals surface area contributed by atoms with E-state index in [1.165, 1.54) is 0 Å². The first-order chi connectivity index (χ1) is 15.3. The number of pyridine rings is 1. The van der Waals surface area contributed by atoms with E-state index in [-0.39, 0.29) is 11.3 Å². The summed E-state index contributed by atoms with van der Waals surface area (Å²) in [6.45, 7) is 9.20. The Hall–Kier alpha value is -3.15. The monoisotopic (exact) mass is 436 g/mol. The molecule has 0 saturated carbocycles. The molecule has 6 heteroatoms. The molecule has 1 aromatic carbocycles. The average Bonchev–Trinajstić information content (AvgIpc) is 3.03. The van der Waals surface area contributed by atoms with E-state index in [2.05, 4.69) is 25.8 Å². The topological polar surface area (TPSA) is 79.7 Å². The number of nitrogens with zero attached hydrogens (tertiary/aromatic N) is 2. The summed E-state index contributed by atoms with van der Waals surface area (Å²) < 4.78 is 5.83. The molecule has 2 aromatic rings. The van der Waals surface area contributed by atoms with Crippen LogP contribution in [0.2, 0.25) is 0 Å². The van der Waals surface area contributed by atoms with E-state index in [1.54, 1.807) is 47.6 Å². The summed E-state index contributed by atoms with van der Waals surface area (Å²) in [6.07, 6.45) is 6.03. The van der Waals surface area contributed by atoms with E-state index in [0.29, 0.717) is 24.6 Å². The van der Waals surface area contributed by atoms with Gasteiger partial charge in [0.1, 0.15) is 11.5 Å². The maximum atomic E-state index is 13.0.